The number of rotatable bonds is 9. The topological polar surface area (TPSA) is 86.4 Å². The van der Waals surface area contributed by atoms with Crippen LogP contribution in [0.1, 0.15) is 55.8 Å². The summed E-state index contributed by atoms with van der Waals surface area (Å²) in [6.45, 7) is 12.7. The lowest BCUT2D eigenvalue weighted by Gasteiger charge is -2.19. The third-order valence-electron chi connectivity index (χ3n) is 5.21. The lowest BCUT2D eigenvalue weighted by molar-refractivity contribution is -0.00335. The van der Waals surface area contributed by atoms with Gasteiger partial charge in [-0.3, -0.25) is 4.68 Å². The van der Waals surface area contributed by atoms with E-state index in [9.17, 15) is 10.1 Å². The summed E-state index contributed by atoms with van der Waals surface area (Å²) in [6.07, 6.45) is 1.11. The van der Waals surface area contributed by atoms with Crippen LogP contribution in [-0.2, 0) is 26.2 Å². The van der Waals surface area contributed by atoms with E-state index in [1.54, 1.807) is 16.4 Å². The van der Waals surface area contributed by atoms with Crippen molar-refractivity contribution in [3.8, 4) is 6.07 Å². The van der Waals surface area contributed by atoms with Crippen LogP contribution in [0.2, 0.25) is 0 Å². The van der Waals surface area contributed by atoms with Crippen LogP contribution >= 0.6 is 11.8 Å². The summed E-state index contributed by atoms with van der Waals surface area (Å²) in [5.74, 6) is 0.996. The molecule has 0 amide bonds. The number of nitrogens with zero attached hydrogens (tertiary/aromatic N) is 3. The summed E-state index contributed by atoms with van der Waals surface area (Å²) in [5, 5.41) is 14.7. The molecule has 0 aliphatic heterocycles. The van der Waals surface area contributed by atoms with Crippen molar-refractivity contribution in [2.75, 3.05) is 25.4 Å². The number of hydrogen-bond acceptors (Lipinski definition) is 7. The molecule has 2 aromatic rings. The molecular formula is C25H33N3O4S. The minimum atomic E-state index is -0.812. The Kier molecular flexibility index (Phi) is 9.42. The Labute approximate surface area is 200 Å². The minimum Gasteiger partial charge on any atom is -0.454 e. The number of benzene rings is 1. The number of carbonyl (C=O) groups is 1. The third kappa shape index (κ3) is 6.78. The number of carbonyl (C=O) groups excluding carboxylic acids is 1. The van der Waals surface area contributed by atoms with Gasteiger partial charge in [0.25, 0.3) is 0 Å². The molecule has 8 heteroatoms. The number of aryl methyl sites for hydroxylation is 2. The number of thioether (sulfide) groups is 1. The van der Waals surface area contributed by atoms with Crippen LogP contribution in [0.5, 0.6) is 0 Å². The van der Waals surface area contributed by atoms with Crippen molar-refractivity contribution in [1.82, 2.24) is 9.78 Å². The first-order valence-corrected chi connectivity index (χ1v) is 12.2. The molecule has 0 fully saturated rings. The molecule has 178 valence electrons. The molecule has 0 N–H and O–H groups in total. The Balaban J connectivity index is 2.46. The van der Waals surface area contributed by atoms with Crippen molar-refractivity contribution in [3.63, 3.8) is 0 Å². The normalized spacial score (nSPS) is 12.1. The molecule has 0 aliphatic carbocycles. The highest BCUT2D eigenvalue weighted by atomic mass is 32.2. The van der Waals surface area contributed by atoms with Gasteiger partial charge >= 0.3 is 6.16 Å². The Morgan fingerprint density at radius 2 is 1.82 bits per heavy atom. The van der Waals surface area contributed by atoms with Gasteiger partial charge in [0.2, 0.25) is 6.79 Å². The summed E-state index contributed by atoms with van der Waals surface area (Å²) in [5.41, 5.74) is 4.63. The minimum absolute atomic E-state index is 0.00655. The molecule has 0 atom stereocenters. The highest BCUT2D eigenvalue weighted by Gasteiger charge is 2.23. The van der Waals surface area contributed by atoms with Gasteiger partial charge in [-0.05, 0) is 43.6 Å². The molecule has 0 unspecified atom stereocenters. The van der Waals surface area contributed by atoms with Crippen LogP contribution in [0.15, 0.2) is 24.3 Å². The largest absolute Gasteiger partial charge is 0.511 e. The number of allylic oxidation sites excluding steroid dienone is 1. The van der Waals surface area contributed by atoms with E-state index in [0.717, 1.165) is 16.8 Å². The molecule has 33 heavy (non-hydrogen) atoms. The average Bonchev–Trinajstić information content (AvgIpc) is 3.06. The van der Waals surface area contributed by atoms with Gasteiger partial charge in [0.1, 0.15) is 23.9 Å². The standard InChI is InChI=1S/C25H33N3O4S/c1-8-28-22(17(2)18(3)27-28)23(31-16-32-24(29)30-13-14-33-7)21(15-26)19-9-11-20(12-10-19)25(4,5)6/h9-12H,8,13-14,16H2,1-7H3/b23-21-. The van der Waals surface area contributed by atoms with Crippen molar-refractivity contribution < 1.29 is 19.0 Å². The Bertz CT molecular complexity index is 1030. The van der Waals surface area contributed by atoms with Gasteiger partial charge in [0.15, 0.2) is 5.76 Å². The van der Waals surface area contributed by atoms with Crippen LogP contribution in [-0.4, -0.2) is 41.3 Å². The lowest BCUT2D eigenvalue weighted by Crippen LogP contribution is -2.14. The fourth-order valence-electron chi connectivity index (χ4n) is 3.22. The summed E-state index contributed by atoms with van der Waals surface area (Å²) in [7, 11) is 0. The fraction of sp³-hybridized carbons (Fsp3) is 0.480. The predicted molar refractivity (Wildman–Crippen MR) is 132 cm³/mol. The summed E-state index contributed by atoms with van der Waals surface area (Å²) < 4.78 is 17.8. The Morgan fingerprint density at radius 1 is 1.15 bits per heavy atom. The maximum Gasteiger partial charge on any atom is 0.511 e. The number of ether oxygens (including phenoxy) is 3. The second kappa shape index (κ2) is 11.8. The average molecular weight is 472 g/mol. The van der Waals surface area contributed by atoms with E-state index in [1.807, 2.05) is 51.3 Å². The summed E-state index contributed by atoms with van der Waals surface area (Å²) in [4.78, 5) is 11.8. The highest BCUT2D eigenvalue weighted by Crippen LogP contribution is 2.32. The molecule has 0 radical (unpaired) electrons. The number of nitriles is 1. The SMILES string of the molecule is CCn1nc(C)c(C)c1/C(OCOC(=O)OCCSC)=C(\C#N)c1ccc(C(C)(C)C)cc1. The quantitative estimate of drug-likeness (QED) is 0.152. The smallest absolute Gasteiger partial charge is 0.454 e. The van der Waals surface area contributed by atoms with Crippen molar-refractivity contribution in [3.05, 3.63) is 52.3 Å². The van der Waals surface area contributed by atoms with E-state index in [1.165, 1.54) is 0 Å². The van der Waals surface area contributed by atoms with Crippen LogP contribution < -0.4 is 0 Å². The van der Waals surface area contributed by atoms with Crippen molar-refractivity contribution in [2.45, 2.75) is 53.5 Å². The molecule has 1 aromatic heterocycles. The number of hydrogen-bond donors (Lipinski definition) is 0. The Hall–Kier alpha value is -2.92. The third-order valence-corrected chi connectivity index (χ3v) is 5.78. The van der Waals surface area contributed by atoms with E-state index >= 15 is 0 Å². The van der Waals surface area contributed by atoms with Crippen molar-refractivity contribution in [2.24, 2.45) is 0 Å². The van der Waals surface area contributed by atoms with Crippen LogP contribution in [0.3, 0.4) is 0 Å². The van der Waals surface area contributed by atoms with E-state index in [4.69, 9.17) is 14.2 Å². The van der Waals surface area contributed by atoms with Crippen LogP contribution in [0.4, 0.5) is 4.79 Å². The molecule has 2 rings (SSSR count). The van der Waals surface area contributed by atoms with Crippen molar-refractivity contribution >= 4 is 29.2 Å². The van der Waals surface area contributed by atoms with E-state index in [2.05, 4.69) is 31.9 Å². The van der Waals surface area contributed by atoms with E-state index in [-0.39, 0.29) is 18.8 Å². The Morgan fingerprint density at radius 3 is 2.36 bits per heavy atom. The van der Waals surface area contributed by atoms with E-state index in [0.29, 0.717) is 34.9 Å². The molecule has 1 heterocycles. The monoisotopic (exact) mass is 471 g/mol. The summed E-state index contributed by atoms with van der Waals surface area (Å²) >= 11 is 1.57. The van der Waals surface area contributed by atoms with Crippen molar-refractivity contribution in [1.29, 1.82) is 5.26 Å². The van der Waals surface area contributed by atoms with Gasteiger partial charge in [-0.2, -0.15) is 22.1 Å². The first-order chi connectivity index (χ1) is 15.6. The molecule has 0 aliphatic rings. The lowest BCUT2D eigenvalue weighted by atomic mass is 9.86. The van der Waals surface area contributed by atoms with Gasteiger partial charge in [-0.15, -0.1) is 0 Å². The first-order valence-electron chi connectivity index (χ1n) is 10.8. The molecule has 7 nitrogen and oxygen atoms in total. The maximum atomic E-state index is 11.8. The van der Waals surface area contributed by atoms with Gasteiger partial charge in [-0.1, -0.05) is 45.0 Å². The molecule has 0 saturated heterocycles. The second-order valence-electron chi connectivity index (χ2n) is 8.52. The zero-order chi connectivity index (χ0) is 24.6. The van der Waals surface area contributed by atoms with Gasteiger partial charge in [0.05, 0.1) is 5.69 Å². The van der Waals surface area contributed by atoms with Crippen LogP contribution in [0.25, 0.3) is 11.3 Å². The number of aromatic nitrogens is 2. The van der Waals surface area contributed by atoms with Gasteiger partial charge in [-0.25, -0.2) is 4.79 Å². The molecule has 0 bridgehead atoms. The summed E-state index contributed by atoms with van der Waals surface area (Å²) in [6, 6.07) is 10.1. The maximum absolute atomic E-state index is 11.8. The molecular weight excluding hydrogens is 438 g/mol. The zero-order valence-electron chi connectivity index (χ0n) is 20.5. The first kappa shape index (κ1) is 26.3. The fourth-order valence-corrected chi connectivity index (χ4v) is 3.47. The predicted octanol–water partition coefficient (Wildman–Crippen LogP) is 5.70. The van der Waals surface area contributed by atoms with Gasteiger partial charge in [0, 0.05) is 17.9 Å². The van der Waals surface area contributed by atoms with Gasteiger partial charge < -0.3 is 14.2 Å². The molecule has 0 saturated carbocycles. The molecule has 1 aromatic carbocycles. The van der Waals surface area contributed by atoms with E-state index < -0.39 is 6.16 Å². The molecule has 0 spiro atoms. The highest BCUT2D eigenvalue weighted by molar-refractivity contribution is 7.98. The van der Waals surface area contributed by atoms with Crippen LogP contribution in [0, 0.1) is 25.2 Å². The second-order valence-corrected chi connectivity index (χ2v) is 9.50. The zero-order valence-corrected chi connectivity index (χ0v) is 21.3.